The monoisotopic (exact) mass is 862 g/mol. The van der Waals surface area contributed by atoms with Crippen LogP contribution in [-0.2, 0) is 0 Å². The number of fused-ring (bicyclic) bond motifs is 11. The van der Waals surface area contributed by atoms with Gasteiger partial charge < -0.3 is 9.80 Å². The highest BCUT2D eigenvalue weighted by atomic mass is 15.2. The van der Waals surface area contributed by atoms with Crippen LogP contribution in [0.5, 0.6) is 0 Å². The van der Waals surface area contributed by atoms with Gasteiger partial charge in [-0.3, -0.25) is 0 Å². The SMILES string of the molecule is C1=Cc2ccccc2N(c2ccc(-c3cc4cc(-c5ccc(N6c7ccccc7C=Cc7ccccc76)c6ccccc56)c5ccccc5c4c4ccccc34)c3ccccc23)c2ccccc21. The maximum atomic E-state index is 2.46. The van der Waals surface area contributed by atoms with Crippen molar-refractivity contribution in [3.05, 3.63) is 253 Å². The van der Waals surface area contributed by atoms with Crippen LogP contribution in [0.4, 0.5) is 34.1 Å². The zero-order chi connectivity index (χ0) is 44.7. The van der Waals surface area contributed by atoms with E-state index in [2.05, 4.69) is 265 Å². The van der Waals surface area contributed by atoms with Crippen molar-refractivity contribution in [2.45, 2.75) is 0 Å². The van der Waals surface area contributed by atoms with Gasteiger partial charge in [-0.1, -0.05) is 206 Å². The molecular formula is C66H42N2. The lowest BCUT2D eigenvalue weighted by Crippen LogP contribution is -2.12. The van der Waals surface area contributed by atoms with Gasteiger partial charge in [-0.05, 0) is 136 Å². The first-order valence-corrected chi connectivity index (χ1v) is 23.5. The molecule has 2 nitrogen and oxygen atoms in total. The molecule has 0 bridgehead atoms. The fraction of sp³-hybridized carbons (Fsp3) is 0. The lowest BCUT2D eigenvalue weighted by molar-refractivity contribution is 1.29. The lowest BCUT2D eigenvalue weighted by atomic mass is 9.85. The van der Waals surface area contributed by atoms with Crippen molar-refractivity contribution < 1.29 is 0 Å². The fourth-order valence-electron chi connectivity index (χ4n) is 11.3. The highest BCUT2D eigenvalue weighted by Gasteiger charge is 2.25. The number of para-hydroxylation sites is 4. The molecule has 12 aromatic rings. The van der Waals surface area contributed by atoms with Gasteiger partial charge in [-0.25, -0.2) is 0 Å². The van der Waals surface area contributed by atoms with Crippen LogP contribution in [0, 0.1) is 0 Å². The number of hydrogen-bond acceptors (Lipinski definition) is 2. The number of benzene rings is 12. The summed E-state index contributed by atoms with van der Waals surface area (Å²) in [5.74, 6) is 0. The first-order valence-electron chi connectivity index (χ1n) is 23.5. The van der Waals surface area contributed by atoms with Crippen molar-refractivity contribution in [1.82, 2.24) is 0 Å². The summed E-state index contributed by atoms with van der Waals surface area (Å²) in [6.07, 6.45) is 8.97. The minimum atomic E-state index is 1.16. The molecule has 0 fully saturated rings. The second-order valence-electron chi connectivity index (χ2n) is 18.0. The van der Waals surface area contributed by atoms with E-state index in [1.54, 1.807) is 0 Å². The van der Waals surface area contributed by atoms with Crippen LogP contribution in [0.15, 0.2) is 231 Å². The molecule has 316 valence electrons. The lowest BCUT2D eigenvalue weighted by Gasteiger charge is -2.29. The van der Waals surface area contributed by atoms with E-state index < -0.39 is 0 Å². The van der Waals surface area contributed by atoms with Crippen molar-refractivity contribution in [3.8, 4) is 22.3 Å². The van der Waals surface area contributed by atoms with E-state index in [0.29, 0.717) is 0 Å². The van der Waals surface area contributed by atoms with Gasteiger partial charge in [0.05, 0.1) is 34.1 Å². The summed E-state index contributed by atoms with van der Waals surface area (Å²) in [6.45, 7) is 0. The van der Waals surface area contributed by atoms with Crippen molar-refractivity contribution in [3.63, 3.8) is 0 Å². The van der Waals surface area contributed by atoms with Gasteiger partial charge in [-0.15, -0.1) is 0 Å². The Morgan fingerprint density at radius 1 is 0.206 bits per heavy atom. The molecule has 0 N–H and O–H groups in total. The zero-order valence-corrected chi connectivity index (χ0v) is 37.1. The molecule has 2 heterocycles. The van der Waals surface area contributed by atoms with Gasteiger partial charge in [0.2, 0.25) is 0 Å². The zero-order valence-electron chi connectivity index (χ0n) is 37.1. The van der Waals surface area contributed by atoms with Crippen LogP contribution in [0.2, 0.25) is 0 Å². The maximum absolute atomic E-state index is 2.46. The average Bonchev–Trinajstić information content (AvgIpc) is 3.68. The van der Waals surface area contributed by atoms with Crippen LogP contribution in [0.3, 0.4) is 0 Å². The molecule has 0 unspecified atom stereocenters. The third-order valence-corrected chi connectivity index (χ3v) is 14.3. The second kappa shape index (κ2) is 15.3. The molecule has 14 rings (SSSR count). The highest BCUT2D eigenvalue weighted by molar-refractivity contribution is 6.27. The van der Waals surface area contributed by atoms with E-state index in [9.17, 15) is 0 Å². The topological polar surface area (TPSA) is 6.48 Å². The molecule has 0 aromatic heterocycles. The molecule has 0 aliphatic carbocycles. The molecule has 0 saturated carbocycles. The van der Waals surface area contributed by atoms with Gasteiger partial charge in [0.15, 0.2) is 0 Å². The van der Waals surface area contributed by atoms with E-state index in [0.717, 1.165) is 11.4 Å². The third kappa shape index (κ3) is 5.84. The number of rotatable bonds is 4. The van der Waals surface area contributed by atoms with Crippen molar-refractivity contribution >= 4 is 112 Å². The Kier molecular flexibility index (Phi) is 8.62. The quantitative estimate of drug-likeness (QED) is 0.163. The second-order valence-corrected chi connectivity index (χ2v) is 18.0. The normalized spacial score (nSPS) is 12.8. The van der Waals surface area contributed by atoms with E-state index >= 15 is 0 Å². The van der Waals surface area contributed by atoms with Crippen molar-refractivity contribution in [1.29, 1.82) is 0 Å². The Morgan fingerprint density at radius 3 is 0.838 bits per heavy atom. The Labute approximate surface area is 395 Å². The molecule has 2 aliphatic rings. The standard InChI is InChI=1S/C66H42N2/c1-13-29-60-43(17-1)33-34-44-18-2-14-30-61(44)67(60)64-39-37-52(48-21-5-9-25-54(48)64)58-41-47-42-59(51-24-8-12-28-57(51)66(47)56-27-11-7-23-50(56)58)53-38-40-65(55-26-10-6-22-49(53)55)68-62-31-15-3-19-45(62)35-36-46-20-4-16-32-63(46)68/h1-42H. The molecule has 0 saturated heterocycles. The van der Waals surface area contributed by atoms with Gasteiger partial charge in [0, 0.05) is 10.8 Å². The van der Waals surface area contributed by atoms with E-state index in [1.165, 1.54) is 121 Å². The summed E-state index contributed by atoms with van der Waals surface area (Å²) in [6, 6.07) is 85.2. The summed E-state index contributed by atoms with van der Waals surface area (Å²) in [4.78, 5) is 4.90. The van der Waals surface area contributed by atoms with E-state index in [1.807, 2.05) is 0 Å². The smallest absolute Gasteiger partial charge is 0.0540 e. The van der Waals surface area contributed by atoms with Crippen LogP contribution < -0.4 is 9.80 Å². The minimum Gasteiger partial charge on any atom is -0.309 e. The summed E-state index contributed by atoms with van der Waals surface area (Å²) >= 11 is 0. The Balaban J connectivity index is 0.996. The minimum absolute atomic E-state index is 1.16. The number of hydrogen-bond donors (Lipinski definition) is 0. The average molecular weight is 863 g/mol. The van der Waals surface area contributed by atoms with Crippen LogP contribution in [0.25, 0.3) is 100 Å². The summed E-state index contributed by atoms with van der Waals surface area (Å²) in [7, 11) is 0. The summed E-state index contributed by atoms with van der Waals surface area (Å²) < 4.78 is 0. The first kappa shape index (κ1) is 38.3. The molecular weight excluding hydrogens is 821 g/mol. The Bertz CT molecular complexity index is 3750. The molecule has 12 aromatic carbocycles. The molecule has 0 amide bonds. The molecule has 0 spiro atoms. The largest absolute Gasteiger partial charge is 0.309 e. The van der Waals surface area contributed by atoms with Gasteiger partial charge in [0.25, 0.3) is 0 Å². The van der Waals surface area contributed by atoms with Crippen LogP contribution in [-0.4, -0.2) is 0 Å². The summed E-state index contributed by atoms with van der Waals surface area (Å²) in [5.41, 5.74) is 16.6. The predicted molar refractivity (Wildman–Crippen MR) is 292 cm³/mol. The van der Waals surface area contributed by atoms with Crippen molar-refractivity contribution in [2.75, 3.05) is 9.80 Å². The Morgan fingerprint density at radius 2 is 0.485 bits per heavy atom. The summed E-state index contributed by atoms with van der Waals surface area (Å²) in [5, 5.41) is 12.3. The molecule has 2 heteroatoms. The maximum Gasteiger partial charge on any atom is 0.0540 e. The van der Waals surface area contributed by atoms with Crippen LogP contribution in [0.1, 0.15) is 22.3 Å². The van der Waals surface area contributed by atoms with E-state index in [-0.39, 0.29) is 0 Å². The Hall–Kier alpha value is -8.98. The molecule has 0 radical (unpaired) electrons. The van der Waals surface area contributed by atoms with Crippen LogP contribution >= 0.6 is 0 Å². The molecule has 2 aliphatic heterocycles. The molecule has 68 heavy (non-hydrogen) atoms. The van der Waals surface area contributed by atoms with Gasteiger partial charge in [-0.2, -0.15) is 0 Å². The van der Waals surface area contributed by atoms with Crippen molar-refractivity contribution in [2.24, 2.45) is 0 Å². The fourth-order valence-corrected chi connectivity index (χ4v) is 11.3. The predicted octanol–water partition coefficient (Wildman–Crippen LogP) is 18.7. The molecule has 0 atom stereocenters. The van der Waals surface area contributed by atoms with Gasteiger partial charge >= 0.3 is 0 Å². The number of nitrogens with zero attached hydrogens (tertiary/aromatic N) is 2. The van der Waals surface area contributed by atoms with E-state index in [4.69, 9.17) is 0 Å². The number of anilines is 6. The third-order valence-electron chi connectivity index (χ3n) is 14.3. The first-order chi connectivity index (χ1) is 33.8. The highest BCUT2D eigenvalue weighted by Crippen LogP contribution is 2.50. The van der Waals surface area contributed by atoms with Gasteiger partial charge in [0.1, 0.15) is 0 Å².